The molecule has 0 spiro atoms. The summed E-state index contributed by atoms with van der Waals surface area (Å²) in [5, 5.41) is 12.8. The summed E-state index contributed by atoms with van der Waals surface area (Å²) in [4.78, 5) is 27.8. The molecular formula is C20H30BClN2O5. The number of carbonyl (C=O) groups is 2. The number of halogens is 1. The minimum atomic E-state index is -1.02. The maximum Gasteiger partial charge on any atom is 0.492 e. The lowest BCUT2D eigenvalue weighted by molar-refractivity contribution is -0.154. The molecule has 0 bridgehead atoms. The summed E-state index contributed by atoms with van der Waals surface area (Å²) in [6.45, 7) is 7.68. The number of carbonyl (C=O) groups excluding carboxylic acids is 2. The van der Waals surface area contributed by atoms with Gasteiger partial charge in [0, 0.05) is 18.7 Å². The number of hydrogen-bond acceptors (Lipinski definition) is 6. The lowest BCUT2D eigenvalue weighted by Crippen LogP contribution is -2.47. The van der Waals surface area contributed by atoms with Crippen LogP contribution in [0.15, 0.2) is 12.1 Å². The number of hydrogen-bond donors (Lipinski definition) is 2. The fourth-order valence-corrected chi connectivity index (χ4v) is 3.81. The number of fused-ring (bicyclic) bond motifs is 1. The van der Waals surface area contributed by atoms with Gasteiger partial charge in [-0.1, -0.05) is 19.9 Å². The maximum atomic E-state index is 12.9. The first-order chi connectivity index (χ1) is 13.3. The largest absolute Gasteiger partial charge is 0.492 e. The zero-order valence-electron chi connectivity index (χ0n) is 17.4. The number of esters is 1. The van der Waals surface area contributed by atoms with Crippen molar-refractivity contribution in [3.8, 4) is 0 Å². The molecule has 1 amide bonds. The topological polar surface area (TPSA) is 88.1 Å². The first kappa shape index (κ1) is 23.7. The zero-order valence-corrected chi connectivity index (χ0v) is 18.3. The molecule has 160 valence electrons. The van der Waals surface area contributed by atoms with E-state index in [1.54, 1.807) is 19.1 Å². The van der Waals surface area contributed by atoms with Gasteiger partial charge in [-0.2, -0.15) is 0 Å². The van der Waals surface area contributed by atoms with Gasteiger partial charge in [0.15, 0.2) is 0 Å². The molecule has 0 aromatic heterocycles. The molecule has 0 saturated carbocycles. The minimum absolute atomic E-state index is 0. The molecule has 3 rings (SSSR count). The third-order valence-electron chi connectivity index (χ3n) is 5.65. The highest BCUT2D eigenvalue weighted by Gasteiger charge is 2.33. The summed E-state index contributed by atoms with van der Waals surface area (Å²) < 4.78 is 10.9. The van der Waals surface area contributed by atoms with Gasteiger partial charge < -0.3 is 24.6 Å². The van der Waals surface area contributed by atoms with Gasteiger partial charge in [0.05, 0.1) is 6.61 Å². The predicted molar refractivity (Wildman–Crippen MR) is 114 cm³/mol. The standard InChI is InChI=1S/C20H29BN2O5.ClH/c1-12(2)18(20(25)28-15-7-9-23(4)10-8-15)22-19(24)16-6-5-14-11-27-21(26)17(14)13(16)3;/h5-6,12,15,18,26H,7-11H2,1-4H3,(H,22,24);1H/t18-;/m0./s1. The second-order valence-electron chi connectivity index (χ2n) is 8.11. The highest BCUT2D eigenvalue weighted by Crippen LogP contribution is 2.18. The van der Waals surface area contributed by atoms with E-state index in [2.05, 4.69) is 17.3 Å². The van der Waals surface area contributed by atoms with Gasteiger partial charge in [-0.15, -0.1) is 12.4 Å². The van der Waals surface area contributed by atoms with Crippen molar-refractivity contribution in [2.24, 2.45) is 5.92 Å². The zero-order chi connectivity index (χ0) is 20.4. The van der Waals surface area contributed by atoms with E-state index in [9.17, 15) is 14.6 Å². The van der Waals surface area contributed by atoms with Crippen molar-refractivity contribution in [1.29, 1.82) is 0 Å². The van der Waals surface area contributed by atoms with E-state index >= 15 is 0 Å². The third-order valence-corrected chi connectivity index (χ3v) is 5.65. The van der Waals surface area contributed by atoms with Crippen LogP contribution in [0.3, 0.4) is 0 Å². The quantitative estimate of drug-likeness (QED) is 0.542. The first-order valence-electron chi connectivity index (χ1n) is 9.90. The van der Waals surface area contributed by atoms with E-state index in [1.165, 1.54) is 0 Å². The Hall–Kier alpha value is -1.61. The molecule has 1 aromatic rings. The molecule has 1 atom stereocenters. The van der Waals surface area contributed by atoms with E-state index in [1.807, 2.05) is 13.8 Å². The van der Waals surface area contributed by atoms with E-state index in [0.717, 1.165) is 31.5 Å². The predicted octanol–water partition coefficient (Wildman–Crippen LogP) is 1.03. The Morgan fingerprint density at radius 1 is 1.31 bits per heavy atom. The van der Waals surface area contributed by atoms with Gasteiger partial charge in [0.2, 0.25) is 0 Å². The average molecular weight is 425 g/mol. The van der Waals surface area contributed by atoms with Crippen LogP contribution in [0.2, 0.25) is 0 Å². The first-order valence-corrected chi connectivity index (χ1v) is 9.90. The molecule has 1 saturated heterocycles. The number of ether oxygens (including phenoxy) is 1. The van der Waals surface area contributed by atoms with E-state index in [4.69, 9.17) is 9.39 Å². The Labute approximate surface area is 178 Å². The normalized spacial score (nSPS) is 18.2. The molecule has 0 aliphatic carbocycles. The van der Waals surface area contributed by atoms with E-state index < -0.39 is 13.2 Å². The Balaban J connectivity index is 0.00000300. The van der Waals surface area contributed by atoms with Crippen LogP contribution in [-0.4, -0.2) is 61.2 Å². The van der Waals surface area contributed by atoms with Gasteiger partial charge in [-0.3, -0.25) is 4.79 Å². The number of piperidine rings is 1. The van der Waals surface area contributed by atoms with Crippen LogP contribution in [0.5, 0.6) is 0 Å². The fourth-order valence-electron chi connectivity index (χ4n) is 3.81. The van der Waals surface area contributed by atoms with Gasteiger partial charge in [-0.25, -0.2) is 4.79 Å². The van der Waals surface area contributed by atoms with Crippen LogP contribution in [0, 0.1) is 12.8 Å². The Morgan fingerprint density at radius 3 is 2.59 bits per heavy atom. The maximum absolute atomic E-state index is 12.9. The summed E-state index contributed by atoms with van der Waals surface area (Å²) in [5.74, 6) is -0.843. The number of rotatable bonds is 5. The molecule has 2 N–H and O–H groups in total. The van der Waals surface area contributed by atoms with Crippen molar-refractivity contribution in [2.75, 3.05) is 20.1 Å². The van der Waals surface area contributed by atoms with Crippen LogP contribution < -0.4 is 10.8 Å². The number of likely N-dealkylation sites (tertiary alicyclic amines) is 1. The smallest absolute Gasteiger partial charge is 0.461 e. The molecule has 1 fully saturated rings. The molecule has 29 heavy (non-hydrogen) atoms. The molecule has 0 radical (unpaired) electrons. The Morgan fingerprint density at radius 2 is 1.97 bits per heavy atom. The van der Waals surface area contributed by atoms with Gasteiger partial charge in [0.1, 0.15) is 12.1 Å². The van der Waals surface area contributed by atoms with Crippen LogP contribution in [0.25, 0.3) is 0 Å². The molecule has 2 heterocycles. The van der Waals surface area contributed by atoms with E-state index in [-0.39, 0.29) is 36.3 Å². The molecule has 0 unspecified atom stereocenters. The van der Waals surface area contributed by atoms with Crippen LogP contribution in [0.4, 0.5) is 0 Å². The van der Waals surface area contributed by atoms with Crippen LogP contribution >= 0.6 is 12.4 Å². The summed E-state index contributed by atoms with van der Waals surface area (Å²) in [5.41, 5.74) is 2.62. The van der Waals surface area contributed by atoms with Crippen molar-refractivity contribution >= 4 is 36.9 Å². The second-order valence-corrected chi connectivity index (χ2v) is 8.11. The van der Waals surface area contributed by atoms with Crippen molar-refractivity contribution in [1.82, 2.24) is 10.2 Å². The van der Waals surface area contributed by atoms with Gasteiger partial charge in [0.25, 0.3) is 5.91 Å². The summed E-state index contributed by atoms with van der Waals surface area (Å²) >= 11 is 0. The summed E-state index contributed by atoms with van der Waals surface area (Å²) in [6, 6.07) is 2.78. The Kier molecular flexibility index (Phi) is 8.11. The summed E-state index contributed by atoms with van der Waals surface area (Å²) in [6.07, 6.45) is 1.52. The van der Waals surface area contributed by atoms with E-state index in [0.29, 0.717) is 23.2 Å². The highest BCUT2D eigenvalue weighted by atomic mass is 35.5. The molecule has 1 aromatic carbocycles. The number of benzene rings is 1. The fraction of sp³-hybridized carbons (Fsp3) is 0.600. The van der Waals surface area contributed by atoms with Crippen LogP contribution in [-0.2, 0) is 20.8 Å². The lowest BCUT2D eigenvalue weighted by Gasteiger charge is -2.30. The number of nitrogens with zero attached hydrogens (tertiary/aromatic N) is 1. The van der Waals surface area contributed by atoms with Crippen molar-refractivity contribution in [3.05, 3.63) is 28.8 Å². The highest BCUT2D eigenvalue weighted by molar-refractivity contribution is 6.62. The SMILES string of the molecule is Cc1c(C(=O)N[C@H](C(=O)OC2CCN(C)CC2)C(C)C)ccc2c1B(O)OC2.Cl. The monoisotopic (exact) mass is 424 g/mol. The molecule has 7 nitrogen and oxygen atoms in total. The van der Waals surface area contributed by atoms with Gasteiger partial charge in [-0.05, 0) is 55.4 Å². The van der Waals surface area contributed by atoms with Crippen LogP contribution in [0.1, 0.15) is 48.2 Å². The lowest BCUT2D eigenvalue weighted by atomic mass is 9.75. The summed E-state index contributed by atoms with van der Waals surface area (Å²) in [7, 11) is 1.04. The number of nitrogens with one attached hydrogen (secondary N) is 1. The van der Waals surface area contributed by atoms with Crippen molar-refractivity contribution < 1.29 is 24.0 Å². The van der Waals surface area contributed by atoms with Crippen molar-refractivity contribution in [3.63, 3.8) is 0 Å². The average Bonchev–Trinajstić information content (AvgIpc) is 3.03. The molecular weight excluding hydrogens is 394 g/mol. The number of amides is 1. The van der Waals surface area contributed by atoms with Gasteiger partial charge >= 0.3 is 13.1 Å². The third kappa shape index (κ3) is 5.31. The Bertz CT molecular complexity index is 753. The minimum Gasteiger partial charge on any atom is -0.461 e. The molecule has 2 aliphatic rings. The van der Waals surface area contributed by atoms with Crippen molar-refractivity contribution in [2.45, 2.75) is 52.4 Å². The second kappa shape index (κ2) is 9.93. The molecule has 9 heteroatoms. The molecule has 2 aliphatic heterocycles.